The molecule has 0 saturated heterocycles. The molecule has 1 aromatic heterocycles. The molecule has 0 aliphatic rings. The Morgan fingerprint density at radius 1 is 1.25 bits per heavy atom. The molecule has 0 unspecified atom stereocenters. The van der Waals surface area contributed by atoms with Gasteiger partial charge in [0.1, 0.15) is 5.69 Å². The van der Waals surface area contributed by atoms with Crippen LogP contribution in [-0.4, -0.2) is 47.1 Å². The van der Waals surface area contributed by atoms with E-state index in [1.165, 1.54) is 26.4 Å². The molecule has 1 aromatic carbocycles. The normalized spacial score (nSPS) is 10.3. The number of aromatic nitrogens is 3. The summed E-state index contributed by atoms with van der Waals surface area (Å²) >= 11 is 0. The number of nitrogens with one attached hydrogen (secondary N) is 1. The minimum absolute atomic E-state index is 0.00130. The zero-order valence-electron chi connectivity index (χ0n) is 13.4. The smallest absolute Gasteiger partial charge is 0.360 e. The summed E-state index contributed by atoms with van der Waals surface area (Å²) < 4.78 is 15.1. The zero-order valence-corrected chi connectivity index (χ0v) is 13.4. The maximum atomic E-state index is 11.8. The lowest BCUT2D eigenvalue weighted by molar-refractivity contribution is -0.385. The summed E-state index contributed by atoms with van der Waals surface area (Å²) in [6.45, 7) is 1.85. The van der Waals surface area contributed by atoms with Gasteiger partial charge in [-0.3, -0.25) is 10.1 Å². The number of ether oxygens (including phenoxy) is 3. The Balaban J connectivity index is 2.44. The third-order valence-electron chi connectivity index (χ3n) is 3.23. The number of nitro benzene ring substituents is 1. The van der Waals surface area contributed by atoms with Crippen molar-refractivity contribution in [3.8, 4) is 11.5 Å². The Hall–Kier alpha value is -3.17. The predicted molar refractivity (Wildman–Crippen MR) is 81.3 cm³/mol. The minimum Gasteiger partial charge on any atom is -0.493 e. The van der Waals surface area contributed by atoms with Crippen LogP contribution in [0.15, 0.2) is 12.1 Å². The van der Waals surface area contributed by atoms with Crippen molar-refractivity contribution in [1.29, 1.82) is 0 Å². The van der Waals surface area contributed by atoms with E-state index in [1.54, 1.807) is 6.92 Å². The SMILES string of the molecule is CCOC(=O)c1n[nH]nc1Cc1cc(OC)c(OC)cc1[N+](=O)[O-]. The van der Waals surface area contributed by atoms with Gasteiger partial charge in [-0.25, -0.2) is 4.79 Å². The van der Waals surface area contributed by atoms with E-state index < -0.39 is 10.9 Å². The monoisotopic (exact) mass is 336 g/mol. The van der Waals surface area contributed by atoms with Gasteiger partial charge < -0.3 is 14.2 Å². The number of esters is 1. The highest BCUT2D eigenvalue weighted by atomic mass is 16.6. The van der Waals surface area contributed by atoms with Crippen LogP contribution in [0.1, 0.15) is 28.7 Å². The fraction of sp³-hybridized carbons (Fsp3) is 0.357. The molecule has 2 aromatic rings. The average Bonchev–Trinajstić information content (AvgIpc) is 3.02. The van der Waals surface area contributed by atoms with Gasteiger partial charge in [-0.05, 0) is 13.0 Å². The van der Waals surface area contributed by atoms with E-state index in [-0.39, 0.29) is 35.9 Å². The highest BCUT2D eigenvalue weighted by molar-refractivity contribution is 5.88. The lowest BCUT2D eigenvalue weighted by atomic mass is 10.1. The molecule has 24 heavy (non-hydrogen) atoms. The molecule has 0 aliphatic carbocycles. The van der Waals surface area contributed by atoms with Crippen LogP contribution in [0.25, 0.3) is 0 Å². The summed E-state index contributed by atoms with van der Waals surface area (Å²) in [6, 6.07) is 2.73. The van der Waals surface area contributed by atoms with Crippen LogP contribution in [0.2, 0.25) is 0 Å². The van der Waals surface area contributed by atoms with Gasteiger partial charge in [0.05, 0.1) is 31.8 Å². The molecular formula is C14H16N4O6. The largest absolute Gasteiger partial charge is 0.493 e. The maximum absolute atomic E-state index is 11.8. The van der Waals surface area contributed by atoms with Gasteiger partial charge in [0.2, 0.25) is 0 Å². The molecule has 0 fully saturated rings. The average molecular weight is 336 g/mol. The van der Waals surface area contributed by atoms with Gasteiger partial charge in [-0.1, -0.05) is 0 Å². The fourth-order valence-corrected chi connectivity index (χ4v) is 2.14. The number of carbonyl (C=O) groups is 1. The molecule has 1 heterocycles. The Bertz CT molecular complexity index is 758. The predicted octanol–water partition coefficient (Wildman–Crippen LogP) is 1.50. The number of carbonyl (C=O) groups excluding carboxylic acids is 1. The summed E-state index contributed by atoms with van der Waals surface area (Å²) in [4.78, 5) is 22.6. The molecule has 2 rings (SSSR count). The molecule has 0 amide bonds. The van der Waals surface area contributed by atoms with Crippen molar-refractivity contribution in [2.24, 2.45) is 0 Å². The fourth-order valence-electron chi connectivity index (χ4n) is 2.14. The van der Waals surface area contributed by atoms with Crippen molar-refractivity contribution in [2.45, 2.75) is 13.3 Å². The lowest BCUT2D eigenvalue weighted by Crippen LogP contribution is -2.09. The number of methoxy groups -OCH3 is 2. The third-order valence-corrected chi connectivity index (χ3v) is 3.23. The summed E-state index contributed by atoms with van der Waals surface area (Å²) in [6.07, 6.45) is 0.00130. The molecule has 0 atom stereocenters. The lowest BCUT2D eigenvalue weighted by Gasteiger charge is -2.10. The topological polar surface area (TPSA) is 129 Å². The molecular weight excluding hydrogens is 320 g/mol. The molecule has 10 heteroatoms. The van der Waals surface area contributed by atoms with Crippen molar-refractivity contribution in [1.82, 2.24) is 15.4 Å². The Kier molecular flexibility index (Phi) is 5.30. The van der Waals surface area contributed by atoms with Crippen LogP contribution in [-0.2, 0) is 11.2 Å². The number of nitrogens with zero attached hydrogens (tertiary/aromatic N) is 3. The molecule has 0 radical (unpaired) electrons. The van der Waals surface area contributed by atoms with E-state index in [1.807, 2.05) is 0 Å². The Morgan fingerprint density at radius 3 is 2.50 bits per heavy atom. The van der Waals surface area contributed by atoms with E-state index in [2.05, 4.69) is 15.4 Å². The van der Waals surface area contributed by atoms with Crippen LogP contribution in [0.5, 0.6) is 11.5 Å². The van der Waals surface area contributed by atoms with Gasteiger partial charge in [0, 0.05) is 12.0 Å². The van der Waals surface area contributed by atoms with Gasteiger partial charge in [0.15, 0.2) is 17.2 Å². The zero-order chi connectivity index (χ0) is 17.7. The van der Waals surface area contributed by atoms with Crippen LogP contribution in [0.4, 0.5) is 5.69 Å². The molecule has 0 saturated carbocycles. The van der Waals surface area contributed by atoms with Crippen LogP contribution < -0.4 is 9.47 Å². The number of aromatic amines is 1. The Labute approximate surface area is 136 Å². The van der Waals surface area contributed by atoms with Crippen LogP contribution >= 0.6 is 0 Å². The first kappa shape index (κ1) is 17.2. The van der Waals surface area contributed by atoms with E-state index in [0.29, 0.717) is 11.3 Å². The van der Waals surface area contributed by atoms with Crippen molar-refractivity contribution in [2.75, 3.05) is 20.8 Å². The van der Waals surface area contributed by atoms with Gasteiger partial charge in [-0.15, -0.1) is 5.10 Å². The summed E-state index contributed by atoms with van der Waals surface area (Å²) in [5.41, 5.74) is 0.354. The second-order valence-corrected chi connectivity index (χ2v) is 4.61. The molecule has 0 aliphatic heterocycles. The number of rotatable bonds is 7. The summed E-state index contributed by atoms with van der Waals surface area (Å²) in [5, 5.41) is 21.3. The standard InChI is InChI=1S/C14H16N4O6/c1-4-24-14(19)13-9(15-17-16-13)5-8-6-11(22-2)12(23-3)7-10(8)18(20)21/h6-7H,4-5H2,1-3H3,(H,15,16,17). The first-order chi connectivity index (χ1) is 11.5. The number of benzene rings is 1. The van der Waals surface area contributed by atoms with Gasteiger partial charge >= 0.3 is 5.97 Å². The number of hydrogen-bond donors (Lipinski definition) is 1. The van der Waals surface area contributed by atoms with Crippen molar-refractivity contribution in [3.63, 3.8) is 0 Å². The minimum atomic E-state index is -0.649. The molecule has 10 nitrogen and oxygen atoms in total. The van der Waals surface area contributed by atoms with E-state index in [4.69, 9.17) is 14.2 Å². The van der Waals surface area contributed by atoms with Crippen LogP contribution in [0, 0.1) is 10.1 Å². The number of hydrogen-bond acceptors (Lipinski definition) is 8. The van der Waals surface area contributed by atoms with E-state index in [0.717, 1.165) is 0 Å². The third kappa shape index (κ3) is 3.42. The quantitative estimate of drug-likeness (QED) is 0.457. The molecule has 0 spiro atoms. The first-order valence-corrected chi connectivity index (χ1v) is 6.97. The molecule has 0 bridgehead atoms. The summed E-state index contributed by atoms with van der Waals surface area (Å²) in [7, 11) is 2.81. The van der Waals surface area contributed by atoms with Crippen molar-refractivity contribution >= 4 is 11.7 Å². The number of H-pyrrole nitrogens is 1. The van der Waals surface area contributed by atoms with Crippen LogP contribution in [0.3, 0.4) is 0 Å². The second kappa shape index (κ2) is 7.40. The van der Waals surface area contributed by atoms with Gasteiger partial charge in [0.25, 0.3) is 5.69 Å². The van der Waals surface area contributed by atoms with E-state index >= 15 is 0 Å². The first-order valence-electron chi connectivity index (χ1n) is 6.97. The van der Waals surface area contributed by atoms with Crippen molar-refractivity contribution < 1.29 is 23.9 Å². The summed E-state index contributed by atoms with van der Waals surface area (Å²) in [5.74, 6) is -0.0811. The number of nitro groups is 1. The molecule has 1 N–H and O–H groups in total. The Morgan fingerprint density at radius 2 is 1.92 bits per heavy atom. The van der Waals surface area contributed by atoms with Gasteiger partial charge in [-0.2, -0.15) is 10.3 Å². The second-order valence-electron chi connectivity index (χ2n) is 4.61. The highest BCUT2D eigenvalue weighted by Crippen LogP contribution is 2.35. The van der Waals surface area contributed by atoms with E-state index in [9.17, 15) is 14.9 Å². The molecule has 128 valence electrons. The maximum Gasteiger partial charge on any atom is 0.360 e. The van der Waals surface area contributed by atoms with Crippen molar-refractivity contribution in [3.05, 3.63) is 39.2 Å². The highest BCUT2D eigenvalue weighted by Gasteiger charge is 2.24.